The molecule has 0 atom stereocenters. The minimum Gasteiger partial charge on any atom is -0.452 e. The van der Waals surface area contributed by atoms with Crippen LogP contribution >= 0.6 is 35.0 Å². The van der Waals surface area contributed by atoms with Crippen molar-refractivity contribution in [1.82, 2.24) is 9.78 Å². The Kier molecular flexibility index (Phi) is 8.36. The maximum atomic E-state index is 12.8. The van der Waals surface area contributed by atoms with Crippen LogP contribution in [-0.4, -0.2) is 28.3 Å². The Bertz CT molecular complexity index is 1390. The van der Waals surface area contributed by atoms with Gasteiger partial charge >= 0.3 is 5.97 Å². The summed E-state index contributed by atoms with van der Waals surface area (Å²) in [5, 5.41) is 8.31. The smallest absolute Gasteiger partial charge is 0.342 e. The van der Waals surface area contributed by atoms with E-state index in [9.17, 15) is 9.59 Å². The summed E-state index contributed by atoms with van der Waals surface area (Å²) in [6.07, 6.45) is 0. The van der Waals surface area contributed by atoms with E-state index in [1.165, 1.54) is 11.8 Å². The predicted molar refractivity (Wildman–Crippen MR) is 143 cm³/mol. The second-order valence-corrected chi connectivity index (χ2v) is 9.87. The third-order valence-corrected chi connectivity index (χ3v) is 7.21. The van der Waals surface area contributed by atoms with Crippen molar-refractivity contribution in [3.8, 4) is 0 Å². The summed E-state index contributed by atoms with van der Waals surface area (Å²) in [4.78, 5) is 27.4. The summed E-state index contributed by atoms with van der Waals surface area (Å²) >= 11 is 14.1. The Morgan fingerprint density at radius 1 is 0.944 bits per heavy atom. The summed E-state index contributed by atoms with van der Waals surface area (Å²) < 4.78 is 6.98. The van der Waals surface area contributed by atoms with E-state index < -0.39 is 18.5 Å². The second kappa shape index (κ2) is 11.6. The lowest BCUT2D eigenvalue weighted by atomic mass is 10.2. The van der Waals surface area contributed by atoms with E-state index in [4.69, 9.17) is 27.9 Å². The number of carbonyl (C=O) groups excluding carboxylic acids is 2. The van der Waals surface area contributed by atoms with Gasteiger partial charge in [0.1, 0.15) is 5.56 Å². The molecule has 1 aromatic heterocycles. The fourth-order valence-electron chi connectivity index (χ4n) is 3.64. The third kappa shape index (κ3) is 6.10. The van der Waals surface area contributed by atoms with Crippen LogP contribution in [-0.2, 0) is 16.1 Å². The van der Waals surface area contributed by atoms with Crippen molar-refractivity contribution in [3.05, 3.63) is 105 Å². The molecule has 184 valence electrons. The normalized spacial score (nSPS) is 10.8. The lowest BCUT2D eigenvalue weighted by Crippen LogP contribution is -2.21. The molecule has 1 heterocycles. The first-order valence-corrected chi connectivity index (χ1v) is 12.7. The maximum absolute atomic E-state index is 12.8. The Morgan fingerprint density at radius 2 is 1.61 bits per heavy atom. The van der Waals surface area contributed by atoms with Crippen molar-refractivity contribution in [3.63, 3.8) is 0 Å². The molecule has 0 saturated carbocycles. The first-order valence-electron chi connectivity index (χ1n) is 11.1. The highest BCUT2D eigenvalue weighted by Gasteiger charge is 2.22. The molecule has 0 aliphatic heterocycles. The number of amides is 1. The van der Waals surface area contributed by atoms with E-state index in [-0.39, 0.29) is 0 Å². The van der Waals surface area contributed by atoms with Crippen LogP contribution in [0.25, 0.3) is 0 Å². The molecule has 9 heteroatoms. The molecule has 0 aliphatic rings. The van der Waals surface area contributed by atoms with Gasteiger partial charge < -0.3 is 10.1 Å². The van der Waals surface area contributed by atoms with Crippen molar-refractivity contribution in [2.24, 2.45) is 0 Å². The van der Waals surface area contributed by atoms with E-state index in [2.05, 4.69) is 10.4 Å². The van der Waals surface area contributed by atoms with Gasteiger partial charge in [0.2, 0.25) is 0 Å². The lowest BCUT2D eigenvalue weighted by Gasteiger charge is -2.11. The first kappa shape index (κ1) is 25.8. The Balaban J connectivity index is 1.41. The number of ether oxygens (including phenoxy) is 1. The molecule has 36 heavy (non-hydrogen) atoms. The molecule has 3 aromatic carbocycles. The molecular formula is C27H23Cl2N3O3S. The number of nitrogens with zero attached hydrogens (tertiary/aromatic N) is 2. The first-order chi connectivity index (χ1) is 17.3. The van der Waals surface area contributed by atoms with Crippen LogP contribution in [0, 0.1) is 13.8 Å². The Hall–Kier alpha value is -3.26. The lowest BCUT2D eigenvalue weighted by molar-refractivity contribution is -0.119. The number of aryl methyl sites for hydroxylation is 1. The Labute approximate surface area is 223 Å². The molecule has 0 radical (unpaired) electrons. The van der Waals surface area contributed by atoms with Crippen molar-refractivity contribution < 1.29 is 14.3 Å². The van der Waals surface area contributed by atoms with Crippen LogP contribution in [0.3, 0.4) is 0 Å². The van der Waals surface area contributed by atoms with Gasteiger partial charge in [-0.25, -0.2) is 4.79 Å². The molecule has 0 fully saturated rings. The van der Waals surface area contributed by atoms with Gasteiger partial charge in [-0.1, -0.05) is 71.4 Å². The van der Waals surface area contributed by atoms with Gasteiger partial charge in [0.15, 0.2) is 6.61 Å². The molecule has 6 nitrogen and oxygen atoms in total. The van der Waals surface area contributed by atoms with Crippen LogP contribution in [0.5, 0.6) is 0 Å². The molecule has 1 N–H and O–H groups in total. The minimum absolute atomic E-state index is 0.300. The molecule has 0 unspecified atom stereocenters. The van der Waals surface area contributed by atoms with Crippen molar-refractivity contribution in [2.75, 3.05) is 11.9 Å². The summed E-state index contributed by atoms with van der Waals surface area (Å²) in [7, 11) is 0. The number of hydrogen-bond donors (Lipinski definition) is 1. The highest BCUT2D eigenvalue weighted by Crippen LogP contribution is 2.33. The van der Waals surface area contributed by atoms with Gasteiger partial charge in [-0.2, -0.15) is 5.10 Å². The maximum Gasteiger partial charge on any atom is 0.342 e. The van der Waals surface area contributed by atoms with Crippen molar-refractivity contribution in [2.45, 2.75) is 30.2 Å². The van der Waals surface area contributed by atoms with E-state index in [1.807, 2.05) is 54.6 Å². The van der Waals surface area contributed by atoms with Crippen LogP contribution < -0.4 is 5.32 Å². The fourth-order valence-corrected chi connectivity index (χ4v) is 5.08. The van der Waals surface area contributed by atoms with Gasteiger partial charge in [0.25, 0.3) is 5.91 Å². The van der Waals surface area contributed by atoms with E-state index in [1.54, 1.807) is 36.7 Å². The number of halogens is 2. The number of nitrogens with one attached hydrogen (secondary N) is 1. The largest absolute Gasteiger partial charge is 0.452 e. The summed E-state index contributed by atoms with van der Waals surface area (Å²) in [5.41, 5.74) is 2.75. The highest BCUT2D eigenvalue weighted by molar-refractivity contribution is 7.99. The minimum atomic E-state index is -0.622. The molecule has 1 amide bonds. The summed E-state index contributed by atoms with van der Waals surface area (Å²) in [6, 6.07) is 22.6. The van der Waals surface area contributed by atoms with Crippen LogP contribution in [0.1, 0.15) is 27.3 Å². The van der Waals surface area contributed by atoms with Gasteiger partial charge in [0, 0.05) is 25.4 Å². The standard InChI is InChI=1S/C27H23Cl2N3O3S/c1-17-26(18(2)32(31-17)15-20-21(28)11-8-12-22(20)29)27(34)35-16-25(33)30-23-13-6-7-14-24(23)36-19-9-4-3-5-10-19/h3-14H,15-16H2,1-2H3,(H,30,33). The van der Waals surface area contributed by atoms with E-state index in [0.29, 0.717) is 44.8 Å². The molecule has 4 rings (SSSR count). The average Bonchev–Trinajstić information content (AvgIpc) is 3.14. The van der Waals surface area contributed by atoms with Crippen LogP contribution in [0.15, 0.2) is 82.6 Å². The second-order valence-electron chi connectivity index (χ2n) is 7.94. The number of aromatic nitrogens is 2. The van der Waals surface area contributed by atoms with Gasteiger partial charge in [-0.05, 0) is 50.2 Å². The zero-order valence-corrected chi connectivity index (χ0v) is 22.0. The van der Waals surface area contributed by atoms with Gasteiger partial charge in [-0.15, -0.1) is 0 Å². The molecule has 0 bridgehead atoms. The zero-order chi connectivity index (χ0) is 25.7. The number of carbonyl (C=O) groups is 2. The van der Waals surface area contributed by atoms with Crippen molar-refractivity contribution >= 4 is 52.5 Å². The summed E-state index contributed by atoms with van der Waals surface area (Å²) in [6.45, 7) is 3.35. The topological polar surface area (TPSA) is 73.2 Å². The van der Waals surface area contributed by atoms with Gasteiger partial charge in [-0.3, -0.25) is 9.48 Å². The average molecular weight is 540 g/mol. The molecular weight excluding hydrogens is 517 g/mol. The number of anilines is 1. The third-order valence-electron chi connectivity index (χ3n) is 5.42. The number of benzene rings is 3. The molecule has 0 saturated heterocycles. The number of para-hydroxylation sites is 1. The predicted octanol–water partition coefficient (Wildman–Crippen LogP) is 6.80. The highest BCUT2D eigenvalue weighted by atomic mass is 35.5. The number of rotatable bonds is 8. The monoisotopic (exact) mass is 539 g/mol. The summed E-state index contributed by atoms with van der Waals surface area (Å²) in [5.74, 6) is -1.06. The molecule has 0 spiro atoms. The van der Waals surface area contributed by atoms with E-state index >= 15 is 0 Å². The van der Waals surface area contributed by atoms with Gasteiger partial charge in [0.05, 0.1) is 23.6 Å². The molecule has 0 aliphatic carbocycles. The van der Waals surface area contributed by atoms with Crippen molar-refractivity contribution in [1.29, 1.82) is 0 Å². The fraction of sp³-hybridized carbons (Fsp3) is 0.148. The zero-order valence-electron chi connectivity index (χ0n) is 19.6. The Morgan fingerprint density at radius 3 is 2.33 bits per heavy atom. The number of esters is 1. The van der Waals surface area contributed by atoms with Crippen LogP contribution in [0.4, 0.5) is 5.69 Å². The van der Waals surface area contributed by atoms with E-state index in [0.717, 1.165) is 9.79 Å². The quantitative estimate of drug-likeness (QED) is 0.249. The SMILES string of the molecule is Cc1nn(Cc2c(Cl)cccc2Cl)c(C)c1C(=O)OCC(=O)Nc1ccccc1Sc1ccccc1. The molecule has 4 aromatic rings. The number of hydrogen-bond acceptors (Lipinski definition) is 5. The van der Waals surface area contributed by atoms with Crippen LogP contribution in [0.2, 0.25) is 10.0 Å².